The summed E-state index contributed by atoms with van der Waals surface area (Å²) >= 11 is 0. The van der Waals surface area contributed by atoms with Crippen molar-refractivity contribution in [2.45, 2.75) is 59.4 Å². The largest absolute Gasteiger partial charge is 0.361 e. The number of hydrogen-bond donors (Lipinski definition) is 2. The number of hydrogen-bond acceptors (Lipinski definition) is 4. The first-order valence-electron chi connectivity index (χ1n) is 8.59. The van der Waals surface area contributed by atoms with E-state index in [0.717, 1.165) is 42.9 Å². The van der Waals surface area contributed by atoms with Gasteiger partial charge in [0.25, 0.3) is 0 Å². The molecule has 1 aromatic rings. The number of rotatable bonds is 7. The van der Waals surface area contributed by atoms with Gasteiger partial charge < -0.3 is 15.2 Å². The maximum absolute atomic E-state index is 12.2. The lowest BCUT2D eigenvalue weighted by Crippen LogP contribution is -2.35. The zero-order chi connectivity index (χ0) is 15.9. The van der Waals surface area contributed by atoms with Gasteiger partial charge in [-0.15, -0.1) is 12.4 Å². The molecular formula is C17H30ClN3O2. The maximum Gasteiger partial charge on any atom is 0.220 e. The average molecular weight is 344 g/mol. The SMILES string of the molecule is CCc1noc(CC)c1CNC(=O)CC(C)C1CCCNC1.Cl. The van der Waals surface area contributed by atoms with E-state index < -0.39 is 0 Å². The second-order valence-corrected chi connectivity index (χ2v) is 6.30. The van der Waals surface area contributed by atoms with Crippen LogP contribution in [0.25, 0.3) is 0 Å². The van der Waals surface area contributed by atoms with Crippen molar-refractivity contribution in [1.82, 2.24) is 15.8 Å². The highest BCUT2D eigenvalue weighted by Crippen LogP contribution is 2.22. The summed E-state index contributed by atoms with van der Waals surface area (Å²) in [7, 11) is 0. The van der Waals surface area contributed by atoms with Gasteiger partial charge in [-0.25, -0.2) is 0 Å². The minimum Gasteiger partial charge on any atom is -0.361 e. The van der Waals surface area contributed by atoms with E-state index in [1.165, 1.54) is 12.8 Å². The Labute approximate surface area is 145 Å². The van der Waals surface area contributed by atoms with Gasteiger partial charge >= 0.3 is 0 Å². The van der Waals surface area contributed by atoms with Crippen LogP contribution in [-0.2, 0) is 24.2 Å². The fourth-order valence-electron chi connectivity index (χ4n) is 3.22. The van der Waals surface area contributed by atoms with E-state index in [2.05, 4.69) is 29.6 Å². The molecule has 2 unspecified atom stereocenters. The summed E-state index contributed by atoms with van der Waals surface area (Å²) in [6.45, 7) is 8.97. The van der Waals surface area contributed by atoms with Crippen LogP contribution in [0.15, 0.2) is 4.52 Å². The quantitative estimate of drug-likeness (QED) is 0.798. The zero-order valence-corrected chi connectivity index (χ0v) is 15.3. The molecule has 2 atom stereocenters. The molecule has 1 fully saturated rings. The third-order valence-corrected chi connectivity index (χ3v) is 4.72. The number of piperidine rings is 1. The lowest BCUT2D eigenvalue weighted by Gasteiger charge is -2.28. The van der Waals surface area contributed by atoms with Crippen molar-refractivity contribution in [3.05, 3.63) is 17.0 Å². The molecule has 6 heteroatoms. The van der Waals surface area contributed by atoms with Crippen LogP contribution in [0.2, 0.25) is 0 Å². The Hall–Kier alpha value is -1.07. The molecule has 0 aliphatic carbocycles. The standard InChI is InChI=1S/C17H29N3O2.ClH/c1-4-15-14(16(5-2)22-20-15)11-19-17(21)9-12(3)13-7-6-8-18-10-13;/h12-13,18H,4-11H2,1-3H3,(H,19,21);1H. The Morgan fingerprint density at radius 2 is 2.22 bits per heavy atom. The van der Waals surface area contributed by atoms with Gasteiger partial charge in [0.1, 0.15) is 5.76 Å². The van der Waals surface area contributed by atoms with Gasteiger partial charge in [0.15, 0.2) is 0 Å². The molecule has 0 saturated carbocycles. The summed E-state index contributed by atoms with van der Waals surface area (Å²) in [5.41, 5.74) is 2.02. The molecule has 0 bridgehead atoms. The van der Waals surface area contributed by atoms with E-state index in [1.807, 2.05) is 6.92 Å². The Bertz CT molecular complexity index is 463. The number of aromatic nitrogens is 1. The highest BCUT2D eigenvalue weighted by atomic mass is 35.5. The molecule has 1 amide bonds. The molecule has 0 aromatic carbocycles. The summed E-state index contributed by atoms with van der Waals surface area (Å²) in [6, 6.07) is 0. The van der Waals surface area contributed by atoms with Crippen LogP contribution in [0.3, 0.4) is 0 Å². The van der Waals surface area contributed by atoms with Gasteiger partial charge in [0, 0.05) is 24.9 Å². The van der Waals surface area contributed by atoms with Crippen LogP contribution < -0.4 is 10.6 Å². The Kier molecular flexibility index (Phi) is 8.63. The normalized spacial score (nSPS) is 19.0. The molecule has 132 valence electrons. The second-order valence-electron chi connectivity index (χ2n) is 6.30. The van der Waals surface area contributed by atoms with E-state index >= 15 is 0 Å². The van der Waals surface area contributed by atoms with Gasteiger partial charge in [0.2, 0.25) is 5.91 Å². The highest BCUT2D eigenvalue weighted by Gasteiger charge is 2.22. The molecule has 2 heterocycles. The van der Waals surface area contributed by atoms with E-state index in [0.29, 0.717) is 24.8 Å². The lowest BCUT2D eigenvalue weighted by molar-refractivity contribution is -0.122. The van der Waals surface area contributed by atoms with Gasteiger partial charge in [-0.2, -0.15) is 0 Å². The first-order valence-corrected chi connectivity index (χ1v) is 8.59. The fraction of sp³-hybridized carbons (Fsp3) is 0.765. The third kappa shape index (κ3) is 5.50. The summed E-state index contributed by atoms with van der Waals surface area (Å²) in [6.07, 6.45) is 4.69. The molecule has 1 aromatic heterocycles. The molecule has 5 nitrogen and oxygen atoms in total. The number of carbonyl (C=O) groups is 1. The zero-order valence-electron chi connectivity index (χ0n) is 14.5. The maximum atomic E-state index is 12.2. The predicted molar refractivity (Wildman–Crippen MR) is 93.7 cm³/mol. The van der Waals surface area contributed by atoms with E-state index in [9.17, 15) is 4.79 Å². The smallest absolute Gasteiger partial charge is 0.220 e. The Morgan fingerprint density at radius 1 is 1.43 bits per heavy atom. The average Bonchev–Trinajstić information content (AvgIpc) is 2.95. The summed E-state index contributed by atoms with van der Waals surface area (Å²) in [5, 5.41) is 10.5. The fourth-order valence-corrected chi connectivity index (χ4v) is 3.22. The number of halogens is 1. The Balaban J connectivity index is 0.00000264. The number of nitrogens with zero attached hydrogens (tertiary/aromatic N) is 1. The van der Waals surface area contributed by atoms with Crippen LogP contribution >= 0.6 is 12.4 Å². The van der Waals surface area contributed by atoms with Crippen molar-refractivity contribution in [2.75, 3.05) is 13.1 Å². The minimum absolute atomic E-state index is 0. The first-order chi connectivity index (χ1) is 10.7. The number of amides is 1. The van der Waals surface area contributed by atoms with Gasteiger partial charge in [-0.1, -0.05) is 25.9 Å². The third-order valence-electron chi connectivity index (χ3n) is 4.72. The van der Waals surface area contributed by atoms with Gasteiger partial charge in [-0.3, -0.25) is 4.79 Å². The first kappa shape index (κ1) is 20.0. The predicted octanol–water partition coefficient (Wildman–Crippen LogP) is 2.86. The minimum atomic E-state index is 0. The topological polar surface area (TPSA) is 67.2 Å². The Morgan fingerprint density at radius 3 is 2.83 bits per heavy atom. The van der Waals surface area contributed by atoms with Crippen molar-refractivity contribution in [3.8, 4) is 0 Å². The van der Waals surface area contributed by atoms with Crippen LogP contribution in [0.1, 0.15) is 57.1 Å². The van der Waals surface area contributed by atoms with Crippen molar-refractivity contribution >= 4 is 18.3 Å². The van der Waals surface area contributed by atoms with Gasteiger partial charge in [-0.05, 0) is 44.2 Å². The number of carbonyl (C=O) groups excluding carboxylic acids is 1. The highest BCUT2D eigenvalue weighted by molar-refractivity contribution is 5.85. The van der Waals surface area contributed by atoms with Gasteiger partial charge in [0.05, 0.1) is 5.69 Å². The van der Waals surface area contributed by atoms with Crippen molar-refractivity contribution in [2.24, 2.45) is 11.8 Å². The van der Waals surface area contributed by atoms with E-state index in [1.54, 1.807) is 0 Å². The molecular weight excluding hydrogens is 314 g/mol. The van der Waals surface area contributed by atoms with Crippen LogP contribution in [0.5, 0.6) is 0 Å². The molecule has 1 saturated heterocycles. The molecule has 2 rings (SSSR count). The second kappa shape index (κ2) is 9.93. The summed E-state index contributed by atoms with van der Waals surface area (Å²) in [4.78, 5) is 12.2. The van der Waals surface area contributed by atoms with Crippen LogP contribution in [-0.4, -0.2) is 24.2 Å². The molecule has 1 aliphatic heterocycles. The number of nitrogens with one attached hydrogen (secondary N) is 2. The summed E-state index contributed by atoms with van der Waals surface area (Å²) in [5.74, 6) is 2.06. The van der Waals surface area contributed by atoms with E-state index in [4.69, 9.17) is 4.52 Å². The molecule has 0 spiro atoms. The van der Waals surface area contributed by atoms with Crippen molar-refractivity contribution < 1.29 is 9.32 Å². The number of aryl methyl sites for hydroxylation is 2. The van der Waals surface area contributed by atoms with Crippen molar-refractivity contribution in [3.63, 3.8) is 0 Å². The van der Waals surface area contributed by atoms with E-state index in [-0.39, 0.29) is 18.3 Å². The van der Waals surface area contributed by atoms with Crippen LogP contribution in [0.4, 0.5) is 0 Å². The molecule has 2 N–H and O–H groups in total. The summed E-state index contributed by atoms with van der Waals surface area (Å²) < 4.78 is 5.33. The molecule has 0 radical (unpaired) electrons. The molecule has 23 heavy (non-hydrogen) atoms. The monoisotopic (exact) mass is 343 g/mol. The van der Waals surface area contributed by atoms with Crippen LogP contribution in [0, 0.1) is 11.8 Å². The lowest BCUT2D eigenvalue weighted by atomic mass is 9.85. The molecule has 1 aliphatic rings. The van der Waals surface area contributed by atoms with Crippen molar-refractivity contribution in [1.29, 1.82) is 0 Å².